The summed E-state index contributed by atoms with van der Waals surface area (Å²) < 4.78 is 0.982. The largest absolute Gasteiger partial charge is 0.365 e. The number of carbonyl (C=O) groups excluding carboxylic acids is 1. The Hall–Kier alpha value is -2.71. The van der Waals surface area contributed by atoms with Crippen LogP contribution in [-0.2, 0) is 6.54 Å². The molecule has 0 bridgehead atoms. The summed E-state index contributed by atoms with van der Waals surface area (Å²) >= 11 is 13.9. The molecule has 1 saturated heterocycles. The Morgan fingerprint density at radius 2 is 1.79 bits per heavy atom. The Morgan fingerprint density at radius 3 is 2.53 bits per heavy atom. The van der Waals surface area contributed by atoms with E-state index >= 15 is 0 Å². The van der Waals surface area contributed by atoms with Crippen LogP contribution in [0.4, 0.5) is 5.82 Å². The summed E-state index contributed by atoms with van der Waals surface area (Å²) in [5, 5.41) is 6.62. The van der Waals surface area contributed by atoms with Crippen molar-refractivity contribution in [1.29, 1.82) is 0 Å². The van der Waals surface area contributed by atoms with Gasteiger partial charge in [-0.25, -0.2) is 9.97 Å². The Morgan fingerprint density at radius 1 is 1.03 bits per heavy atom. The number of fused-ring (bicyclic) bond motifs is 1. The van der Waals surface area contributed by atoms with Crippen LogP contribution in [0.15, 0.2) is 53.9 Å². The summed E-state index contributed by atoms with van der Waals surface area (Å²) in [6.07, 6.45) is 0. The summed E-state index contributed by atoms with van der Waals surface area (Å²) in [5.41, 5.74) is 3.34. The highest BCUT2D eigenvalue weighted by molar-refractivity contribution is 7.17. The minimum Gasteiger partial charge on any atom is -0.365 e. The number of thiophene rings is 1. The monoisotopic (exact) mass is 511 g/mol. The van der Waals surface area contributed by atoms with Crippen molar-refractivity contribution in [2.24, 2.45) is 0 Å². The SMILES string of the molecule is CN1CCN(C(=O)c2ccc(-c3nc(NCc4ccc(Cl)cc4Cl)c4sccc4n3)cc2)CC1. The van der Waals surface area contributed by atoms with E-state index in [1.807, 2.05) is 52.7 Å². The maximum Gasteiger partial charge on any atom is 0.253 e. The molecule has 0 aliphatic carbocycles. The predicted molar refractivity (Wildman–Crippen MR) is 140 cm³/mol. The number of likely N-dealkylation sites (N-methyl/N-ethyl adjacent to an activating group) is 1. The number of rotatable bonds is 5. The molecule has 0 radical (unpaired) electrons. The smallest absolute Gasteiger partial charge is 0.253 e. The number of anilines is 1. The first-order valence-corrected chi connectivity index (χ1v) is 12.6. The molecule has 34 heavy (non-hydrogen) atoms. The molecule has 1 N–H and O–H groups in total. The van der Waals surface area contributed by atoms with E-state index in [0.717, 1.165) is 53.3 Å². The Balaban J connectivity index is 1.38. The van der Waals surface area contributed by atoms with E-state index in [1.54, 1.807) is 17.4 Å². The van der Waals surface area contributed by atoms with Gasteiger partial charge in [0, 0.05) is 53.9 Å². The molecule has 1 amide bonds. The van der Waals surface area contributed by atoms with Crippen LogP contribution < -0.4 is 5.32 Å². The van der Waals surface area contributed by atoms with Gasteiger partial charge in [0.25, 0.3) is 5.91 Å². The fraction of sp³-hybridized carbons (Fsp3) is 0.240. The first-order valence-electron chi connectivity index (χ1n) is 11.0. The number of carbonyl (C=O) groups is 1. The van der Waals surface area contributed by atoms with Crippen molar-refractivity contribution in [2.75, 3.05) is 38.5 Å². The Labute approximate surface area is 212 Å². The maximum absolute atomic E-state index is 12.9. The van der Waals surface area contributed by atoms with Crippen molar-refractivity contribution >= 4 is 56.5 Å². The van der Waals surface area contributed by atoms with Gasteiger partial charge >= 0.3 is 0 Å². The van der Waals surface area contributed by atoms with Crippen LogP contribution >= 0.6 is 34.5 Å². The lowest BCUT2D eigenvalue weighted by Crippen LogP contribution is -2.47. The van der Waals surface area contributed by atoms with Crippen LogP contribution in [0, 0.1) is 0 Å². The predicted octanol–water partition coefficient (Wildman–Crippen LogP) is 5.66. The number of amides is 1. The molecule has 1 aliphatic heterocycles. The van der Waals surface area contributed by atoms with Gasteiger partial charge in [-0.15, -0.1) is 11.3 Å². The summed E-state index contributed by atoms with van der Waals surface area (Å²) in [6, 6.07) is 15.0. The molecule has 9 heteroatoms. The lowest BCUT2D eigenvalue weighted by Gasteiger charge is -2.32. The number of hydrogen-bond acceptors (Lipinski definition) is 6. The molecule has 0 atom stereocenters. The third-order valence-corrected chi connectivity index (χ3v) is 7.44. The number of halogens is 2. The van der Waals surface area contributed by atoms with Gasteiger partial charge < -0.3 is 15.1 Å². The first-order chi connectivity index (χ1) is 16.5. The number of aromatic nitrogens is 2. The van der Waals surface area contributed by atoms with Crippen LogP contribution in [0.1, 0.15) is 15.9 Å². The normalized spacial score (nSPS) is 14.5. The van der Waals surface area contributed by atoms with Crippen LogP contribution in [0.5, 0.6) is 0 Å². The topological polar surface area (TPSA) is 61.4 Å². The highest BCUT2D eigenvalue weighted by atomic mass is 35.5. The molecule has 3 heterocycles. The van der Waals surface area contributed by atoms with Gasteiger partial charge in [0.05, 0.1) is 10.2 Å². The first kappa shape index (κ1) is 23.1. The summed E-state index contributed by atoms with van der Waals surface area (Å²) in [6.45, 7) is 3.81. The highest BCUT2D eigenvalue weighted by Gasteiger charge is 2.20. The molecule has 2 aromatic carbocycles. The van der Waals surface area contributed by atoms with Crippen LogP contribution in [-0.4, -0.2) is 58.9 Å². The van der Waals surface area contributed by atoms with E-state index in [4.69, 9.17) is 33.2 Å². The van der Waals surface area contributed by atoms with Gasteiger partial charge in [-0.05, 0) is 48.3 Å². The van der Waals surface area contributed by atoms with Gasteiger partial charge in [0.2, 0.25) is 0 Å². The van der Waals surface area contributed by atoms with Crippen LogP contribution in [0.25, 0.3) is 21.6 Å². The fourth-order valence-electron chi connectivity index (χ4n) is 3.91. The second-order valence-electron chi connectivity index (χ2n) is 8.29. The second kappa shape index (κ2) is 9.88. The summed E-state index contributed by atoms with van der Waals surface area (Å²) in [4.78, 5) is 26.5. The molecule has 174 valence electrons. The number of hydrogen-bond donors (Lipinski definition) is 1. The van der Waals surface area contributed by atoms with E-state index in [0.29, 0.717) is 28.0 Å². The van der Waals surface area contributed by atoms with E-state index in [9.17, 15) is 4.79 Å². The molecule has 1 fully saturated rings. The third kappa shape index (κ3) is 4.88. The van der Waals surface area contributed by atoms with E-state index < -0.39 is 0 Å². The van der Waals surface area contributed by atoms with Gasteiger partial charge in [-0.1, -0.05) is 41.4 Å². The van der Waals surface area contributed by atoms with Crippen LogP contribution in [0.3, 0.4) is 0 Å². The fourth-order valence-corrected chi connectivity index (χ4v) is 5.18. The minimum atomic E-state index is 0.0658. The Kier molecular flexibility index (Phi) is 6.70. The van der Waals surface area contributed by atoms with Crippen molar-refractivity contribution in [3.8, 4) is 11.4 Å². The molecule has 0 saturated carbocycles. The molecule has 6 nitrogen and oxygen atoms in total. The van der Waals surface area contributed by atoms with Crippen LogP contribution in [0.2, 0.25) is 10.0 Å². The lowest BCUT2D eigenvalue weighted by atomic mass is 10.1. The molecular weight excluding hydrogens is 489 g/mol. The van der Waals surface area contributed by atoms with E-state index in [1.165, 1.54) is 0 Å². The van der Waals surface area contributed by atoms with Crippen molar-refractivity contribution in [3.05, 3.63) is 75.1 Å². The number of piperazine rings is 1. The second-order valence-corrected chi connectivity index (χ2v) is 10.1. The van der Waals surface area contributed by atoms with Gasteiger partial charge in [0.15, 0.2) is 5.82 Å². The minimum absolute atomic E-state index is 0.0658. The molecule has 1 aliphatic rings. The maximum atomic E-state index is 12.9. The molecule has 0 spiro atoms. The number of nitrogens with one attached hydrogen (secondary N) is 1. The molecule has 0 unspecified atom stereocenters. The highest BCUT2D eigenvalue weighted by Crippen LogP contribution is 2.30. The third-order valence-electron chi connectivity index (χ3n) is 5.95. The average molecular weight is 512 g/mol. The zero-order chi connectivity index (χ0) is 23.7. The van der Waals surface area contributed by atoms with Gasteiger partial charge in [-0.2, -0.15) is 0 Å². The van der Waals surface area contributed by atoms with E-state index in [2.05, 4.69) is 17.3 Å². The Bertz CT molecular complexity index is 1330. The number of benzene rings is 2. The molecule has 2 aromatic heterocycles. The summed E-state index contributed by atoms with van der Waals surface area (Å²) in [5.74, 6) is 1.42. The molecular formula is C25H23Cl2N5OS. The van der Waals surface area contributed by atoms with Crippen molar-refractivity contribution in [1.82, 2.24) is 19.8 Å². The van der Waals surface area contributed by atoms with Crippen molar-refractivity contribution in [3.63, 3.8) is 0 Å². The van der Waals surface area contributed by atoms with Gasteiger partial charge in [-0.3, -0.25) is 4.79 Å². The average Bonchev–Trinajstić information content (AvgIpc) is 3.32. The van der Waals surface area contributed by atoms with Crippen molar-refractivity contribution < 1.29 is 4.79 Å². The molecule has 4 aromatic rings. The lowest BCUT2D eigenvalue weighted by molar-refractivity contribution is 0.0664. The molecule has 5 rings (SSSR count). The summed E-state index contributed by atoms with van der Waals surface area (Å²) in [7, 11) is 2.08. The zero-order valence-electron chi connectivity index (χ0n) is 18.6. The quantitative estimate of drug-likeness (QED) is 0.374. The number of nitrogens with zero attached hydrogens (tertiary/aromatic N) is 4. The standard InChI is InChI=1S/C25H23Cl2N5OS/c1-31-9-11-32(12-10-31)25(33)17-4-2-16(3-5-17)23-29-21-8-13-34-22(21)24(30-23)28-15-18-6-7-19(26)14-20(18)27/h2-8,13-14H,9-12,15H2,1H3,(H,28,29,30). The van der Waals surface area contributed by atoms with E-state index in [-0.39, 0.29) is 5.91 Å². The zero-order valence-corrected chi connectivity index (χ0v) is 20.9. The van der Waals surface area contributed by atoms with Crippen molar-refractivity contribution in [2.45, 2.75) is 6.54 Å². The van der Waals surface area contributed by atoms with Gasteiger partial charge in [0.1, 0.15) is 5.82 Å².